The number of likely N-dealkylation sites (N-methyl/N-ethyl adjacent to an activating group) is 1. The number of pyridine rings is 1. The topological polar surface area (TPSA) is 83.0 Å². The normalized spacial score (nSPS) is 24.2. The number of rotatable bonds is 5. The predicted molar refractivity (Wildman–Crippen MR) is 138 cm³/mol. The summed E-state index contributed by atoms with van der Waals surface area (Å²) in [5.74, 6) is 0.321. The maximum atomic E-state index is 13.8. The number of carbonyl (C=O) groups excluding carboxylic acids is 3. The van der Waals surface area contributed by atoms with Crippen molar-refractivity contribution in [3.63, 3.8) is 0 Å². The first kappa shape index (κ1) is 24.3. The van der Waals surface area contributed by atoms with Crippen LogP contribution < -0.4 is 14.7 Å². The molecule has 36 heavy (non-hydrogen) atoms. The van der Waals surface area contributed by atoms with Crippen LogP contribution in [0.3, 0.4) is 0 Å². The van der Waals surface area contributed by atoms with E-state index in [2.05, 4.69) is 4.90 Å². The van der Waals surface area contributed by atoms with Crippen LogP contribution in [0.15, 0.2) is 42.5 Å². The summed E-state index contributed by atoms with van der Waals surface area (Å²) in [4.78, 5) is 49.7. The van der Waals surface area contributed by atoms with Gasteiger partial charge in [-0.2, -0.15) is 0 Å². The molecule has 2 fully saturated rings. The Morgan fingerprint density at radius 3 is 2.39 bits per heavy atom. The highest BCUT2D eigenvalue weighted by atomic mass is 16.6. The van der Waals surface area contributed by atoms with Crippen LogP contribution in [-0.2, 0) is 19.1 Å². The van der Waals surface area contributed by atoms with Gasteiger partial charge in [-0.05, 0) is 64.7 Å². The number of esters is 1. The minimum atomic E-state index is -0.607. The number of anilines is 3. The highest BCUT2D eigenvalue weighted by Crippen LogP contribution is 2.45. The van der Waals surface area contributed by atoms with Crippen molar-refractivity contribution >= 4 is 35.1 Å². The number of fused-ring (bicyclic) bond motifs is 1. The van der Waals surface area contributed by atoms with Gasteiger partial charge in [-0.25, -0.2) is 4.98 Å². The average molecular weight is 491 g/mol. The first-order chi connectivity index (χ1) is 17.0. The molecule has 2 aliphatic heterocycles. The maximum absolute atomic E-state index is 13.8. The monoisotopic (exact) mass is 490 g/mol. The lowest BCUT2D eigenvalue weighted by Gasteiger charge is -2.40. The fraction of sp³-hybridized carbons (Fsp3) is 0.500. The van der Waals surface area contributed by atoms with Crippen molar-refractivity contribution in [1.82, 2.24) is 4.98 Å². The molecule has 2 amide bonds. The third-order valence-electron chi connectivity index (χ3n) is 7.16. The van der Waals surface area contributed by atoms with E-state index in [-0.39, 0.29) is 36.3 Å². The molecule has 1 aromatic heterocycles. The summed E-state index contributed by atoms with van der Waals surface area (Å²) in [5.41, 5.74) is 1.14. The van der Waals surface area contributed by atoms with Gasteiger partial charge in [-0.1, -0.05) is 30.3 Å². The highest BCUT2D eigenvalue weighted by molar-refractivity contribution is 6.05. The number of hydrogen-bond donors (Lipinski definition) is 0. The van der Waals surface area contributed by atoms with E-state index in [1.807, 2.05) is 70.2 Å². The smallest absolute Gasteiger partial charge is 0.307 e. The maximum Gasteiger partial charge on any atom is 0.307 e. The number of ether oxygens (including phenoxy) is 1. The summed E-state index contributed by atoms with van der Waals surface area (Å²) in [7, 11) is 1.77. The molecular formula is C28H34N4O4. The van der Waals surface area contributed by atoms with Gasteiger partial charge in [0.15, 0.2) is 5.82 Å². The first-order valence-corrected chi connectivity index (χ1v) is 12.7. The molecule has 5 rings (SSSR count). The van der Waals surface area contributed by atoms with Crippen molar-refractivity contribution in [3.05, 3.63) is 48.0 Å². The Kier molecular flexibility index (Phi) is 6.01. The van der Waals surface area contributed by atoms with Crippen molar-refractivity contribution in [2.45, 2.75) is 77.1 Å². The number of nitrogens with zero attached hydrogens (tertiary/aromatic N) is 4. The number of aromatic nitrogens is 1. The van der Waals surface area contributed by atoms with Crippen molar-refractivity contribution in [2.24, 2.45) is 5.92 Å². The SMILES string of the molecule is CC1C(=O)N(C)c2ccc(N3C(=O)C(CC(=O)OC(C)(C)C)CC3c3ccccc3)nc2N1C1CC1. The van der Waals surface area contributed by atoms with Gasteiger partial charge < -0.3 is 14.5 Å². The van der Waals surface area contributed by atoms with Gasteiger partial charge in [-0.3, -0.25) is 19.3 Å². The Labute approximate surface area is 212 Å². The first-order valence-electron chi connectivity index (χ1n) is 12.7. The number of amides is 2. The van der Waals surface area contributed by atoms with Crippen LogP contribution in [-0.4, -0.2) is 47.5 Å². The van der Waals surface area contributed by atoms with Crippen molar-refractivity contribution < 1.29 is 19.1 Å². The Morgan fingerprint density at radius 2 is 1.75 bits per heavy atom. The van der Waals surface area contributed by atoms with E-state index in [0.717, 1.165) is 29.9 Å². The van der Waals surface area contributed by atoms with Crippen molar-refractivity contribution in [3.8, 4) is 0 Å². The van der Waals surface area contributed by atoms with E-state index < -0.39 is 11.5 Å². The van der Waals surface area contributed by atoms with Gasteiger partial charge in [0.1, 0.15) is 17.5 Å². The molecule has 0 radical (unpaired) electrons. The zero-order valence-electron chi connectivity index (χ0n) is 21.6. The zero-order chi connectivity index (χ0) is 25.8. The molecule has 190 valence electrons. The van der Waals surface area contributed by atoms with Crippen LogP contribution in [0.4, 0.5) is 17.3 Å². The molecule has 1 saturated heterocycles. The standard InChI is InChI=1S/C28H34N4O4/c1-17-26(34)30(5)21-13-14-23(29-25(21)31(17)20-11-12-20)32-22(18-9-7-6-8-10-18)15-19(27(32)35)16-24(33)36-28(2,3)4/h6-10,13-14,17,19-20,22H,11-12,15-16H2,1-5H3. The minimum absolute atomic E-state index is 0.0311. The van der Waals surface area contributed by atoms with Crippen LogP contribution in [0.5, 0.6) is 0 Å². The Morgan fingerprint density at radius 1 is 1.06 bits per heavy atom. The fourth-order valence-electron chi connectivity index (χ4n) is 5.37. The van der Waals surface area contributed by atoms with Crippen LogP contribution in [0.1, 0.15) is 65.0 Å². The molecule has 3 atom stereocenters. The second-order valence-corrected chi connectivity index (χ2v) is 11.1. The average Bonchev–Trinajstić information content (AvgIpc) is 3.61. The molecule has 8 nitrogen and oxygen atoms in total. The van der Waals surface area contributed by atoms with Crippen LogP contribution >= 0.6 is 0 Å². The van der Waals surface area contributed by atoms with E-state index in [1.165, 1.54) is 0 Å². The van der Waals surface area contributed by atoms with Gasteiger partial charge in [0.25, 0.3) is 0 Å². The molecule has 1 aliphatic carbocycles. The molecule has 2 aromatic rings. The third kappa shape index (κ3) is 4.45. The van der Waals surface area contributed by atoms with E-state index in [0.29, 0.717) is 18.3 Å². The number of carbonyl (C=O) groups is 3. The Balaban J connectivity index is 1.52. The predicted octanol–water partition coefficient (Wildman–Crippen LogP) is 4.24. The van der Waals surface area contributed by atoms with Gasteiger partial charge in [0, 0.05) is 13.1 Å². The Hall–Kier alpha value is -3.42. The van der Waals surface area contributed by atoms with E-state index in [4.69, 9.17) is 9.72 Å². The second-order valence-electron chi connectivity index (χ2n) is 11.1. The largest absolute Gasteiger partial charge is 0.460 e. The van der Waals surface area contributed by atoms with Crippen molar-refractivity contribution in [2.75, 3.05) is 21.7 Å². The summed E-state index contributed by atoms with van der Waals surface area (Å²) in [6.45, 7) is 7.39. The molecule has 1 aromatic carbocycles. The summed E-state index contributed by atoms with van der Waals surface area (Å²) >= 11 is 0. The Bertz CT molecular complexity index is 1190. The van der Waals surface area contributed by atoms with Gasteiger partial charge in [0.2, 0.25) is 11.8 Å². The fourth-order valence-corrected chi connectivity index (χ4v) is 5.37. The molecule has 3 unspecified atom stereocenters. The molecule has 0 N–H and O–H groups in total. The summed E-state index contributed by atoms with van der Waals surface area (Å²) in [6, 6.07) is 13.3. The van der Waals surface area contributed by atoms with Crippen molar-refractivity contribution in [1.29, 1.82) is 0 Å². The highest BCUT2D eigenvalue weighted by Gasteiger charge is 2.46. The lowest BCUT2D eigenvalue weighted by atomic mass is 9.97. The molecule has 1 saturated carbocycles. The molecule has 3 heterocycles. The molecule has 3 aliphatic rings. The van der Waals surface area contributed by atoms with Crippen LogP contribution in [0.2, 0.25) is 0 Å². The summed E-state index contributed by atoms with van der Waals surface area (Å²) < 4.78 is 5.52. The second kappa shape index (κ2) is 8.91. The molecule has 0 spiro atoms. The van der Waals surface area contributed by atoms with Gasteiger partial charge in [0.05, 0.1) is 24.1 Å². The van der Waals surface area contributed by atoms with Gasteiger partial charge in [-0.15, -0.1) is 0 Å². The summed E-state index contributed by atoms with van der Waals surface area (Å²) in [6.07, 6.45) is 2.59. The van der Waals surface area contributed by atoms with Crippen LogP contribution in [0.25, 0.3) is 0 Å². The van der Waals surface area contributed by atoms with Gasteiger partial charge >= 0.3 is 5.97 Å². The van der Waals surface area contributed by atoms with Crippen LogP contribution in [0, 0.1) is 5.92 Å². The minimum Gasteiger partial charge on any atom is -0.460 e. The molecular weight excluding hydrogens is 456 g/mol. The number of hydrogen-bond acceptors (Lipinski definition) is 6. The van der Waals surface area contributed by atoms with E-state index >= 15 is 0 Å². The quantitative estimate of drug-likeness (QED) is 0.583. The third-order valence-corrected chi connectivity index (χ3v) is 7.16. The molecule has 0 bridgehead atoms. The summed E-state index contributed by atoms with van der Waals surface area (Å²) in [5, 5.41) is 0. The van der Waals surface area contributed by atoms with E-state index in [9.17, 15) is 14.4 Å². The van der Waals surface area contributed by atoms with E-state index in [1.54, 1.807) is 16.8 Å². The lowest BCUT2D eigenvalue weighted by molar-refractivity contribution is -0.156. The lowest BCUT2D eigenvalue weighted by Crippen LogP contribution is -2.52. The zero-order valence-corrected chi connectivity index (χ0v) is 21.6. The number of benzene rings is 1. The molecule has 8 heteroatoms.